The van der Waals surface area contributed by atoms with E-state index in [9.17, 15) is 24.9 Å². The molecule has 9 heteroatoms. The van der Waals surface area contributed by atoms with Crippen molar-refractivity contribution in [2.45, 2.75) is 30.6 Å². The third-order valence-electron chi connectivity index (χ3n) is 3.07. The molecule has 9 nitrogen and oxygen atoms in total. The van der Waals surface area contributed by atoms with Gasteiger partial charge in [-0.3, -0.25) is 9.78 Å². The van der Waals surface area contributed by atoms with E-state index in [1.54, 1.807) is 0 Å². The molecule has 0 aromatic carbocycles. The average Bonchev–Trinajstić information content (AvgIpc) is 2.48. The summed E-state index contributed by atoms with van der Waals surface area (Å²) in [4.78, 5) is 26.6. The summed E-state index contributed by atoms with van der Waals surface area (Å²) in [5.41, 5.74) is 0.216. The lowest BCUT2D eigenvalue weighted by molar-refractivity contribution is -0.231. The smallest absolute Gasteiger partial charge is 0.335 e. The van der Waals surface area contributed by atoms with Gasteiger partial charge in [0.15, 0.2) is 12.3 Å². The van der Waals surface area contributed by atoms with E-state index >= 15 is 0 Å². The number of aliphatic hydroxyl groups excluding tert-OH is 3. The van der Waals surface area contributed by atoms with Gasteiger partial charge in [0.05, 0.1) is 0 Å². The number of aromatic nitrogens is 1. The highest BCUT2D eigenvalue weighted by Crippen LogP contribution is 2.20. The topological polar surface area (TPSA) is 149 Å². The zero-order valence-corrected chi connectivity index (χ0v) is 10.7. The number of carboxylic acid groups (broad SMARTS) is 1. The first-order valence-corrected chi connectivity index (χ1v) is 6.05. The molecule has 21 heavy (non-hydrogen) atoms. The number of carboxylic acids is 1. The lowest BCUT2D eigenvalue weighted by Crippen LogP contribution is -2.64. The van der Waals surface area contributed by atoms with Crippen molar-refractivity contribution in [3.05, 3.63) is 30.1 Å². The highest BCUT2D eigenvalue weighted by atomic mass is 16.6. The first-order valence-electron chi connectivity index (χ1n) is 6.05. The zero-order chi connectivity index (χ0) is 15.6. The van der Waals surface area contributed by atoms with Crippen LogP contribution in [0.5, 0.6) is 0 Å². The van der Waals surface area contributed by atoms with Crippen molar-refractivity contribution < 1.29 is 34.8 Å². The van der Waals surface area contributed by atoms with Gasteiger partial charge in [-0.1, -0.05) is 0 Å². The molecule has 0 aliphatic carbocycles. The van der Waals surface area contributed by atoms with Crippen LogP contribution in [0.3, 0.4) is 0 Å². The van der Waals surface area contributed by atoms with Crippen LogP contribution in [0.25, 0.3) is 0 Å². The fraction of sp³-hybridized carbons (Fsp3) is 0.417. The normalized spacial score (nSPS) is 32.4. The Morgan fingerprint density at radius 2 is 1.71 bits per heavy atom. The summed E-state index contributed by atoms with van der Waals surface area (Å²) in [5, 5.41) is 40.0. The van der Waals surface area contributed by atoms with Crippen LogP contribution in [-0.2, 0) is 9.53 Å². The van der Waals surface area contributed by atoms with Crippen LogP contribution in [0.15, 0.2) is 24.5 Å². The predicted octanol–water partition coefficient (Wildman–Crippen LogP) is -2.30. The van der Waals surface area contributed by atoms with Crippen LogP contribution in [0.1, 0.15) is 10.4 Å². The Labute approximate surface area is 118 Å². The third-order valence-corrected chi connectivity index (χ3v) is 3.07. The Balaban J connectivity index is 2.11. The summed E-state index contributed by atoms with van der Waals surface area (Å²) in [6, 6.07) is 2.81. The molecule has 1 aromatic heterocycles. The summed E-state index contributed by atoms with van der Waals surface area (Å²) in [5.74, 6) is -2.16. The van der Waals surface area contributed by atoms with Crippen LogP contribution in [0.2, 0.25) is 0 Å². The number of carbonyl (C=O) groups excluding carboxylic acids is 1. The highest BCUT2D eigenvalue weighted by Gasteiger charge is 2.47. The van der Waals surface area contributed by atoms with E-state index in [4.69, 9.17) is 9.84 Å². The van der Waals surface area contributed by atoms with Crippen molar-refractivity contribution in [3.63, 3.8) is 0 Å². The van der Waals surface area contributed by atoms with E-state index < -0.39 is 42.5 Å². The molecule has 3 unspecified atom stereocenters. The Bertz CT molecular complexity index is 524. The number of rotatable bonds is 3. The molecule has 0 spiro atoms. The number of ether oxygens (including phenoxy) is 1. The zero-order valence-electron chi connectivity index (χ0n) is 10.7. The first-order chi connectivity index (χ1) is 9.91. The fourth-order valence-electron chi connectivity index (χ4n) is 1.92. The van der Waals surface area contributed by atoms with Gasteiger partial charge in [0.1, 0.15) is 18.3 Å². The van der Waals surface area contributed by atoms with Crippen molar-refractivity contribution in [1.29, 1.82) is 0 Å². The Kier molecular flexibility index (Phi) is 4.48. The number of carbonyl (C=O) groups is 2. The molecular weight excluding hydrogens is 284 g/mol. The van der Waals surface area contributed by atoms with Crippen LogP contribution < -0.4 is 5.32 Å². The number of aliphatic carboxylic acids is 1. The van der Waals surface area contributed by atoms with Gasteiger partial charge in [0.25, 0.3) is 5.91 Å². The molecule has 1 aromatic rings. The molecule has 114 valence electrons. The van der Waals surface area contributed by atoms with Crippen molar-refractivity contribution in [2.24, 2.45) is 0 Å². The lowest BCUT2D eigenvalue weighted by Gasteiger charge is -2.38. The Morgan fingerprint density at radius 3 is 2.29 bits per heavy atom. The van der Waals surface area contributed by atoms with E-state index in [0.29, 0.717) is 0 Å². The molecule has 2 heterocycles. The van der Waals surface area contributed by atoms with Gasteiger partial charge < -0.3 is 30.5 Å². The van der Waals surface area contributed by atoms with Gasteiger partial charge in [-0.25, -0.2) is 4.79 Å². The maximum absolute atomic E-state index is 11.9. The molecular formula is C12H14N2O7. The SMILES string of the molecule is O=C(N[C@@H]1OC(C(=O)O)[C@@H](O)C(O)C1O)c1ccncc1. The quantitative estimate of drug-likeness (QED) is 0.418. The molecule has 0 saturated carbocycles. The van der Waals surface area contributed by atoms with Crippen molar-refractivity contribution >= 4 is 11.9 Å². The predicted molar refractivity (Wildman–Crippen MR) is 66.0 cm³/mol. The maximum Gasteiger partial charge on any atom is 0.335 e. The van der Waals surface area contributed by atoms with Crippen molar-refractivity contribution in [1.82, 2.24) is 10.3 Å². The summed E-state index contributed by atoms with van der Waals surface area (Å²) >= 11 is 0. The molecule has 5 N–H and O–H groups in total. The monoisotopic (exact) mass is 298 g/mol. The minimum absolute atomic E-state index is 0.216. The fourth-order valence-corrected chi connectivity index (χ4v) is 1.92. The number of pyridine rings is 1. The van der Waals surface area contributed by atoms with E-state index in [-0.39, 0.29) is 5.56 Å². The molecule has 2 rings (SSSR count). The molecule has 1 saturated heterocycles. The number of aliphatic hydroxyl groups is 3. The number of nitrogens with one attached hydrogen (secondary N) is 1. The Hall–Kier alpha value is -2.07. The van der Waals surface area contributed by atoms with Gasteiger partial charge in [0.2, 0.25) is 0 Å². The maximum atomic E-state index is 11.9. The lowest BCUT2D eigenvalue weighted by atomic mass is 9.98. The number of hydrogen-bond donors (Lipinski definition) is 5. The van der Waals surface area contributed by atoms with Gasteiger partial charge >= 0.3 is 5.97 Å². The molecule has 1 amide bonds. The minimum atomic E-state index is -1.80. The molecule has 1 aliphatic rings. The van der Waals surface area contributed by atoms with Gasteiger partial charge in [-0.05, 0) is 12.1 Å². The summed E-state index contributed by atoms with van der Waals surface area (Å²) in [7, 11) is 0. The van der Waals surface area contributed by atoms with Crippen LogP contribution in [0.4, 0.5) is 0 Å². The van der Waals surface area contributed by atoms with E-state index in [0.717, 1.165) is 0 Å². The molecule has 0 bridgehead atoms. The molecule has 1 fully saturated rings. The largest absolute Gasteiger partial charge is 0.479 e. The van der Waals surface area contributed by atoms with E-state index in [2.05, 4.69) is 10.3 Å². The molecule has 0 radical (unpaired) electrons. The number of nitrogens with zero attached hydrogens (tertiary/aromatic N) is 1. The summed E-state index contributed by atoms with van der Waals surface area (Å²) < 4.78 is 4.93. The second-order valence-electron chi connectivity index (χ2n) is 4.50. The van der Waals surface area contributed by atoms with E-state index in [1.807, 2.05) is 0 Å². The summed E-state index contributed by atoms with van der Waals surface area (Å²) in [6.45, 7) is 0. The van der Waals surface area contributed by atoms with Crippen LogP contribution in [0, 0.1) is 0 Å². The average molecular weight is 298 g/mol. The molecule has 1 aliphatic heterocycles. The molecule has 5 atom stereocenters. The van der Waals surface area contributed by atoms with Gasteiger partial charge in [-0.15, -0.1) is 0 Å². The second-order valence-corrected chi connectivity index (χ2v) is 4.50. The number of hydrogen-bond acceptors (Lipinski definition) is 7. The number of amides is 1. The van der Waals surface area contributed by atoms with Crippen LogP contribution >= 0.6 is 0 Å². The second kappa shape index (κ2) is 6.14. The van der Waals surface area contributed by atoms with Gasteiger partial charge in [-0.2, -0.15) is 0 Å². The van der Waals surface area contributed by atoms with Crippen LogP contribution in [-0.4, -0.2) is 67.9 Å². The van der Waals surface area contributed by atoms with Crippen molar-refractivity contribution in [2.75, 3.05) is 0 Å². The highest BCUT2D eigenvalue weighted by molar-refractivity contribution is 5.94. The van der Waals surface area contributed by atoms with E-state index in [1.165, 1.54) is 24.5 Å². The van der Waals surface area contributed by atoms with Gasteiger partial charge in [0, 0.05) is 18.0 Å². The third kappa shape index (κ3) is 3.16. The minimum Gasteiger partial charge on any atom is -0.479 e. The van der Waals surface area contributed by atoms with Crippen molar-refractivity contribution in [3.8, 4) is 0 Å². The first kappa shape index (κ1) is 15.3. The summed E-state index contributed by atoms with van der Waals surface area (Å²) in [6.07, 6.45) is -5.69. The standard InChI is InChI=1S/C12H14N2O7/c15-6-7(16)9(12(19)20)21-11(8(6)17)14-10(18)5-1-3-13-4-2-5/h1-4,6-9,11,15-17H,(H,14,18)(H,19,20)/t6?,7-,8?,9?,11+/m0/s1. The Morgan fingerprint density at radius 1 is 1.10 bits per heavy atom.